The van der Waals surface area contributed by atoms with Gasteiger partial charge in [-0.1, -0.05) is 23.7 Å². The van der Waals surface area contributed by atoms with E-state index in [1.165, 1.54) is 30.5 Å². The Balaban J connectivity index is 1.22. The van der Waals surface area contributed by atoms with E-state index < -0.39 is 53.9 Å². The molecule has 4 aromatic rings. The zero-order chi connectivity index (χ0) is 36.6. The van der Waals surface area contributed by atoms with Crippen LogP contribution >= 0.6 is 11.6 Å². The summed E-state index contributed by atoms with van der Waals surface area (Å²) in [7, 11) is 1.14. The number of aromatic amines is 1. The number of benzene rings is 2. The molecule has 1 aliphatic rings. The van der Waals surface area contributed by atoms with E-state index >= 15 is 0 Å². The average molecular weight is 730 g/mol. The predicted molar refractivity (Wildman–Crippen MR) is 175 cm³/mol. The molecule has 1 saturated carbocycles. The molecule has 0 bridgehead atoms. The monoisotopic (exact) mass is 729 g/mol. The van der Waals surface area contributed by atoms with E-state index in [9.17, 15) is 32.3 Å². The Morgan fingerprint density at radius 1 is 0.980 bits per heavy atom. The van der Waals surface area contributed by atoms with Gasteiger partial charge in [0.25, 0.3) is 11.8 Å². The topological polar surface area (TPSA) is 202 Å². The second kappa shape index (κ2) is 15.8. The lowest BCUT2D eigenvalue weighted by Crippen LogP contribution is -2.44. The maximum Gasteiger partial charge on any atom is 0.422 e. The van der Waals surface area contributed by atoms with Gasteiger partial charge < -0.3 is 30.7 Å². The highest BCUT2D eigenvalue weighted by atomic mass is 35.5. The summed E-state index contributed by atoms with van der Waals surface area (Å²) in [4.78, 5) is 61.9. The Morgan fingerprint density at radius 3 is 2.31 bits per heavy atom. The van der Waals surface area contributed by atoms with Gasteiger partial charge in [0.15, 0.2) is 6.61 Å². The largest absolute Gasteiger partial charge is 0.467 e. The molecule has 19 heteroatoms. The summed E-state index contributed by atoms with van der Waals surface area (Å²) in [5, 5.41) is 17.9. The van der Waals surface area contributed by atoms with Gasteiger partial charge in [0.2, 0.25) is 17.7 Å². The van der Waals surface area contributed by atoms with E-state index in [2.05, 4.69) is 46.4 Å². The Morgan fingerprint density at radius 2 is 1.69 bits per heavy atom. The fourth-order valence-corrected chi connectivity index (χ4v) is 4.93. The second-order valence-electron chi connectivity index (χ2n) is 11.4. The van der Waals surface area contributed by atoms with Crippen molar-refractivity contribution in [2.75, 3.05) is 30.9 Å². The van der Waals surface area contributed by atoms with Crippen LogP contribution in [0.25, 0.3) is 0 Å². The molecule has 2 amide bonds. The maximum absolute atomic E-state index is 13.0. The van der Waals surface area contributed by atoms with Gasteiger partial charge in [0.1, 0.15) is 6.04 Å². The fourth-order valence-electron chi connectivity index (χ4n) is 4.80. The molecule has 15 nitrogen and oxygen atoms in total. The van der Waals surface area contributed by atoms with Crippen molar-refractivity contribution in [1.82, 2.24) is 35.8 Å². The number of nitrogens with one attached hydrogen (secondary N) is 5. The second-order valence-corrected chi connectivity index (χ2v) is 11.8. The third-order valence-electron chi connectivity index (χ3n) is 7.55. The number of carbonyl (C=O) groups is 4. The van der Waals surface area contributed by atoms with Crippen molar-refractivity contribution in [3.05, 3.63) is 82.6 Å². The van der Waals surface area contributed by atoms with Crippen LogP contribution < -0.4 is 26.0 Å². The number of carbonyl (C=O) groups excluding carboxylic acids is 4. The summed E-state index contributed by atoms with van der Waals surface area (Å²) >= 11 is 6.02. The van der Waals surface area contributed by atoms with Crippen LogP contribution in [0.5, 0.6) is 6.01 Å². The number of hydrogen-bond donors (Lipinski definition) is 5. The average Bonchev–Trinajstić information content (AvgIpc) is 3.69. The van der Waals surface area contributed by atoms with Crippen LogP contribution in [0.2, 0.25) is 5.02 Å². The van der Waals surface area contributed by atoms with Gasteiger partial charge in [-0.05, 0) is 67.3 Å². The van der Waals surface area contributed by atoms with Gasteiger partial charge in [-0.3, -0.25) is 19.5 Å². The van der Waals surface area contributed by atoms with Gasteiger partial charge in [0.05, 0.1) is 19.1 Å². The van der Waals surface area contributed by atoms with Crippen LogP contribution in [0.15, 0.2) is 60.8 Å². The van der Waals surface area contributed by atoms with Crippen molar-refractivity contribution in [3.8, 4) is 6.01 Å². The third kappa shape index (κ3) is 10.4. The maximum atomic E-state index is 13.0. The molecule has 1 atom stereocenters. The minimum absolute atomic E-state index is 0.0275. The van der Waals surface area contributed by atoms with Gasteiger partial charge in [-0.25, -0.2) is 4.79 Å². The van der Waals surface area contributed by atoms with Crippen LogP contribution in [0, 0.1) is 0 Å². The van der Waals surface area contributed by atoms with E-state index in [0.717, 1.165) is 12.7 Å². The SMILES string of the molecule is COC(=O)[C@H](CCNC(=O)C(=O)Cc1ccn[nH]1)NC(=O)c1ccc(Nc2nc(NC3(c4ccc(Cl)cc4)CC3)nc(OCC(F)(F)F)n2)cc1. The number of Topliss-reactive ketones (excluding diaryl/α,β-unsaturated/α-hetero) is 1. The highest BCUT2D eigenvalue weighted by molar-refractivity contribution is 6.36. The van der Waals surface area contributed by atoms with Crippen molar-refractivity contribution in [1.29, 1.82) is 0 Å². The summed E-state index contributed by atoms with van der Waals surface area (Å²) < 4.78 is 48.4. The number of ketones is 1. The van der Waals surface area contributed by atoms with Crippen molar-refractivity contribution >= 4 is 52.8 Å². The molecule has 0 radical (unpaired) electrons. The lowest BCUT2D eigenvalue weighted by atomic mass is 10.1. The normalized spacial score (nSPS) is 13.7. The van der Waals surface area contributed by atoms with E-state index in [-0.39, 0.29) is 36.8 Å². The minimum atomic E-state index is -4.63. The molecule has 5 N–H and O–H groups in total. The Bertz CT molecular complexity index is 1860. The van der Waals surface area contributed by atoms with Gasteiger partial charge in [-0.2, -0.15) is 33.2 Å². The number of nitrogens with zero attached hydrogens (tertiary/aromatic N) is 4. The van der Waals surface area contributed by atoms with Gasteiger partial charge in [-0.15, -0.1) is 0 Å². The molecule has 2 heterocycles. The minimum Gasteiger partial charge on any atom is -0.467 e. The number of rotatable bonds is 16. The number of anilines is 3. The van der Waals surface area contributed by atoms with E-state index in [0.29, 0.717) is 29.2 Å². The number of amides is 2. The van der Waals surface area contributed by atoms with Crippen molar-refractivity contribution in [2.24, 2.45) is 0 Å². The number of ether oxygens (including phenoxy) is 2. The van der Waals surface area contributed by atoms with Crippen LogP contribution in [0.3, 0.4) is 0 Å². The zero-order valence-electron chi connectivity index (χ0n) is 26.8. The molecule has 5 rings (SSSR count). The number of esters is 1. The molecule has 268 valence electrons. The molecule has 0 saturated heterocycles. The summed E-state index contributed by atoms with van der Waals surface area (Å²) in [5.41, 5.74) is 1.30. The van der Waals surface area contributed by atoms with E-state index in [1.54, 1.807) is 18.2 Å². The van der Waals surface area contributed by atoms with Crippen molar-refractivity contribution < 1.29 is 41.8 Å². The molecular formula is C32H31ClF3N9O6. The first-order valence-electron chi connectivity index (χ1n) is 15.4. The quantitative estimate of drug-likeness (QED) is 0.0830. The lowest BCUT2D eigenvalue weighted by molar-refractivity contribution is -0.154. The highest BCUT2D eigenvalue weighted by Gasteiger charge is 2.45. The molecule has 1 aliphatic carbocycles. The van der Waals surface area contributed by atoms with Crippen LogP contribution in [-0.2, 0) is 31.1 Å². The fraction of sp³-hybridized carbons (Fsp3) is 0.312. The molecule has 0 aliphatic heterocycles. The number of H-pyrrole nitrogens is 1. The first-order chi connectivity index (χ1) is 24.3. The van der Waals surface area contributed by atoms with E-state index in [4.69, 9.17) is 21.1 Å². The summed E-state index contributed by atoms with van der Waals surface area (Å²) in [5.74, 6) is -3.16. The Hall–Kier alpha value is -5.78. The number of aromatic nitrogens is 5. The summed E-state index contributed by atoms with van der Waals surface area (Å²) in [6.07, 6.45) is -2.02. The molecule has 51 heavy (non-hydrogen) atoms. The smallest absolute Gasteiger partial charge is 0.422 e. The van der Waals surface area contributed by atoms with Crippen molar-refractivity contribution in [3.63, 3.8) is 0 Å². The lowest BCUT2D eigenvalue weighted by Gasteiger charge is -2.19. The number of methoxy groups -OCH3 is 1. The molecule has 0 spiro atoms. The molecule has 0 unspecified atom stereocenters. The number of alkyl halides is 3. The first kappa shape index (κ1) is 36.5. The molecule has 1 fully saturated rings. The first-order valence-corrected chi connectivity index (χ1v) is 15.8. The predicted octanol–water partition coefficient (Wildman–Crippen LogP) is 3.62. The third-order valence-corrected chi connectivity index (χ3v) is 7.81. The van der Waals surface area contributed by atoms with Gasteiger partial charge in [0, 0.05) is 34.7 Å². The molecule has 2 aromatic heterocycles. The van der Waals surface area contributed by atoms with Crippen LogP contribution in [0.1, 0.15) is 40.9 Å². The highest BCUT2D eigenvalue weighted by Crippen LogP contribution is 2.48. The standard InChI is InChI=1S/C32H31ClF3N9O6/c1-50-27(49)23(11-14-37-26(48)24(46)16-22-10-15-38-45-22)40-25(47)18-2-8-21(9-3-18)39-28-41-29(43-30(42-28)51-17-32(34,35)36)44-31(12-13-31)19-4-6-20(33)7-5-19/h2-10,15,23H,11-14,16-17H2,1H3,(H,37,48)(H,38,45)(H,40,47)(H2,39,41,42,43,44)/t23-/m0/s1. The Kier molecular flexibility index (Phi) is 11.3. The van der Waals surface area contributed by atoms with E-state index in [1.807, 2.05) is 12.1 Å². The van der Waals surface area contributed by atoms with Gasteiger partial charge >= 0.3 is 18.2 Å². The summed E-state index contributed by atoms with van der Waals surface area (Å²) in [6, 6.07) is 12.8. The Labute approximate surface area is 293 Å². The number of halogens is 4. The molecule has 2 aromatic carbocycles. The molecular weight excluding hydrogens is 699 g/mol. The summed E-state index contributed by atoms with van der Waals surface area (Å²) in [6.45, 7) is -1.74. The zero-order valence-corrected chi connectivity index (χ0v) is 27.6. The van der Waals surface area contributed by atoms with Crippen molar-refractivity contribution in [2.45, 2.75) is 43.4 Å². The van der Waals surface area contributed by atoms with Crippen LogP contribution in [0.4, 0.5) is 30.8 Å². The number of hydrogen-bond acceptors (Lipinski definition) is 12. The van der Waals surface area contributed by atoms with Crippen LogP contribution in [-0.4, -0.2) is 81.2 Å².